The van der Waals surface area contributed by atoms with Gasteiger partial charge in [0.25, 0.3) is 0 Å². The fourth-order valence-corrected chi connectivity index (χ4v) is 2.62. The van der Waals surface area contributed by atoms with Gasteiger partial charge in [0.15, 0.2) is 0 Å². The molecular weight excluding hydrogens is 236 g/mol. The van der Waals surface area contributed by atoms with Crippen LogP contribution in [0.4, 0.5) is 0 Å². The van der Waals surface area contributed by atoms with Gasteiger partial charge in [0.2, 0.25) is 10.0 Å². The van der Waals surface area contributed by atoms with Crippen LogP contribution in [0.2, 0.25) is 0 Å². The van der Waals surface area contributed by atoms with Crippen LogP contribution in [0.15, 0.2) is 24.5 Å². The molecule has 1 N–H and O–H groups in total. The Morgan fingerprint density at radius 1 is 1.35 bits per heavy atom. The highest BCUT2D eigenvalue weighted by Gasteiger charge is 2.16. The Balaban J connectivity index is 2.46. The molecule has 1 aromatic heterocycles. The lowest BCUT2D eigenvalue weighted by Crippen LogP contribution is -2.28. The highest BCUT2D eigenvalue weighted by atomic mass is 32.2. The summed E-state index contributed by atoms with van der Waals surface area (Å²) in [6.45, 7) is 6.40. The molecule has 0 amide bonds. The number of nitrogens with zero attached hydrogens (tertiary/aromatic N) is 1. The molecule has 0 saturated carbocycles. The summed E-state index contributed by atoms with van der Waals surface area (Å²) in [5, 5.41) is 0. The first-order valence-electron chi connectivity index (χ1n) is 5.65. The maximum atomic E-state index is 11.7. The highest BCUT2D eigenvalue weighted by molar-refractivity contribution is 7.89. The predicted molar refractivity (Wildman–Crippen MR) is 68.9 cm³/mol. The van der Waals surface area contributed by atoms with Gasteiger partial charge in [-0.3, -0.25) is 4.98 Å². The van der Waals surface area contributed by atoms with Crippen molar-refractivity contribution in [3.63, 3.8) is 0 Å². The van der Waals surface area contributed by atoms with Gasteiger partial charge < -0.3 is 0 Å². The summed E-state index contributed by atoms with van der Waals surface area (Å²) in [5.41, 5.74) is 0.898. The van der Waals surface area contributed by atoms with Gasteiger partial charge in [0.1, 0.15) is 0 Å². The maximum absolute atomic E-state index is 11.7. The van der Waals surface area contributed by atoms with E-state index in [0.717, 1.165) is 5.56 Å². The van der Waals surface area contributed by atoms with Crippen molar-refractivity contribution in [3.05, 3.63) is 30.1 Å². The Hall–Kier alpha value is -0.940. The summed E-state index contributed by atoms with van der Waals surface area (Å²) in [6, 6.07) is 3.64. The summed E-state index contributed by atoms with van der Waals surface area (Å²) in [4.78, 5) is 3.94. The normalized spacial score (nSPS) is 12.6. The van der Waals surface area contributed by atoms with E-state index in [0.29, 0.717) is 13.0 Å². The van der Waals surface area contributed by atoms with E-state index in [1.807, 2.05) is 26.8 Å². The minimum atomic E-state index is -3.19. The molecule has 96 valence electrons. The van der Waals surface area contributed by atoms with E-state index in [9.17, 15) is 8.42 Å². The molecule has 1 rings (SSSR count). The molecule has 4 nitrogen and oxygen atoms in total. The summed E-state index contributed by atoms with van der Waals surface area (Å²) in [6.07, 6.45) is 3.97. The van der Waals surface area contributed by atoms with Crippen molar-refractivity contribution in [1.82, 2.24) is 9.71 Å². The molecule has 0 aliphatic carbocycles. The van der Waals surface area contributed by atoms with Crippen molar-refractivity contribution in [2.45, 2.75) is 33.7 Å². The van der Waals surface area contributed by atoms with Crippen LogP contribution in [0.25, 0.3) is 0 Å². The quantitative estimate of drug-likeness (QED) is 0.875. The number of aromatic nitrogens is 1. The van der Waals surface area contributed by atoms with Gasteiger partial charge in [-0.1, -0.05) is 26.8 Å². The standard InChI is InChI=1S/C12H20N2O2S/c1-12(2,3)6-8-17(15,16)14-10-11-5-4-7-13-9-11/h4-5,7,9,14H,6,8,10H2,1-3H3. The summed E-state index contributed by atoms with van der Waals surface area (Å²) < 4.78 is 26.0. The Morgan fingerprint density at radius 3 is 2.59 bits per heavy atom. The zero-order chi connectivity index (χ0) is 12.9. The van der Waals surface area contributed by atoms with Crippen LogP contribution in [-0.4, -0.2) is 19.2 Å². The third-order valence-electron chi connectivity index (χ3n) is 2.34. The van der Waals surface area contributed by atoms with Crippen molar-refractivity contribution in [2.75, 3.05) is 5.75 Å². The second kappa shape index (κ2) is 5.60. The first kappa shape index (κ1) is 14.1. The fraction of sp³-hybridized carbons (Fsp3) is 0.583. The van der Waals surface area contributed by atoms with Crippen molar-refractivity contribution >= 4 is 10.0 Å². The number of pyridine rings is 1. The molecule has 0 unspecified atom stereocenters. The number of hydrogen-bond donors (Lipinski definition) is 1. The molecule has 17 heavy (non-hydrogen) atoms. The van der Waals surface area contributed by atoms with Crippen LogP contribution in [-0.2, 0) is 16.6 Å². The van der Waals surface area contributed by atoms with Gasteiger partial charge in [-0.25, -0.2) is 13.1 Å². The molecule has 0 saturated heterocycles. The SMILES string of the molecule is CC(C)(C)CCS(=O)(=O)NCc1cccnc1. The average Bonchev–Trinajstić information content (AvgIpc) is 2.25. The van der Waals surface area contributed by atoms with Crippen LogP contribution in [0.3, 0.4) is 0 Å². The molecule has 5 heteroatoms. The van der Waals surface area contributed by atoms with E-state index in [1.165, 1.54) is 0 Å². The van der Waals surface area contributed by atoms with E-state index in [4.69, 9.17) is 0 Å². The van der Waals surface area contributed by atoms with Crippen molar-refractivity contribution < 1.29 is 8.42 Å². The van der Waals surface area contributed by atoms with E-state index in [2.05, 4.69) is 9.71 Å². The molecule has 0 bridgehead atoms. The van der Waals surface area contributed by atoms with Crippen LogP contribution >= 0.6 is 0 Å². The lowest BCUT2D eigenvalue weighted by molar-refractivity contribution is 0.396. The molecule has 0 spiro atoms. The van der Waals surface area contributed by atoms with Crippen LogP contribution in [0.5, 0.6) is 0 Å². The van der Waals surface area contributed by atoms with E-state index >= 15 is 0 Å². The molecule has 0 atom stereocenters. The molecule has 0 aliphatic rings. The van der Waals surface area contributed by atoms with Crippen molar-refractivity contribution in [3.8, 4) is 0 Å². The zero-order valence-electron chi connectivity index (χ0n) is 10.6. The monoisotopic (exact) mass is 256 g/mol. The highest BCUT2D eigenvalue weighted by Crippen LogP contribution is 2.18. The Labute approximate surface area is 104 Å². The molecule has 0 radical (unpaired) electrons. The van der Waals surface area contributed by atoms with Gasteiger partial charge >= 0.3 is 0 Å². The van der Waals surface area contributed by atoms with Gasteiger partial charge in [-0.2, -0.15) is 0 Å². The van der Waals surface area contributed by atoms with Gasteiger partial charge in [0.05, 0.1) is 5.75 Å². The third kappa shape index (κ3) is 6.38. The average molecular weight is 256 g/mol. The maximum Gasteiger partial charge on any atom is 0.211 e. The Bertz CT molecular complexity index is 435. The number of rotatable bonds is 5. The number of sulfonamides is 1. The van der Waals surface area contributed by atoms with E-state index in [1.54, 1.807) is 18.5 Å². The second-order valence-electron chi connectivity index (χ2n) is 5.31. The Morgan fingerprint density at radius 2 is 2.06 bits per heavy atom. The molecule has 0 aromatic carbocycles. The first-order valence-corrected chi connectivity index (χ1v) is 7.30. The minimum Gasteiger partial charge on any atom is -0.264 e. The smallest absolute Gasteiger partial charge is 0.211 e. The topological polar surface area (TPSA) is 59.1 Å². The zero-order valence-corrected chi connectivity index (χ0v) is 11.4. The third-order valence-corrected chi connectivity index (χ3v) is 3.67. The molecular formula is C12H20N2O2S. The van der Waals surface area contributed by atoms with Crippen LogP contribution in [0.1, 0.15) is 32.8 Å². The first-order chi connectivity index (χ1) is 7.79. The lowest BCUT2D eigenvalue weighted by atomic mass is 9.94. The van der Waals surface area contributed by atoms with E-state index < -0.39 is 10.0 Å². The summed E-state index contributed by atoms with van der Waals surface area (Å²) in [5.74, 6) is 0.163. The van der Waals surface area contributed by atoms with Crippen molar-refractivity contribution in [1.29, 1.82) is 0 Å². The molecule has 1 heterocycles. The van der Waals surface area contributed by atoms with Crippen LogP contribution in [0, 0.1) is 5.41 Å². The van der Waals surface area contributed by atoms with Crippen LogP contribution < -0.4 is 4.72 Å². The minimum absolute atomic E-state index is 0.0308. The summed E-state index contributed by atoms with van der Waals surface area (Å²) >= 11 is 0. The van der Waals surface area contributed by atoms with Gasteiger partial charge in [-0.15, -0.1) is 0 Å². The number of nitrogens with one attached hydrogen (secondary N) is 1. The number of hydrogen-bond acceptors (Lipinski definition) is 3. The fourth-order valence-electron chi connectivity index (χ4n) is 1.21. The molecule has 1 aromatic rings. The van der Waals surface area contributed by atoms with E-state index in [-0.39, 0.29) is 11.2 Å². The molecule has 0 fully saturated rings. The van der Waals surface area contributed by atoms with Crippen molar-refractivity contribution in [2.24, 2.45) is 5.41 Å². The second-order valence-corrected chi connectivity index (χ2v) is 7.24. The summed E-state index contributed by atoms with van der Waals surface area (Å²) in [7, 11) is -3.19. The largest absolute Gasteiger partial charge is 0.264 e. The van der Waals surface area contributed by atoms with Gasteiger partial charge in [0, 0.05) is 18.9 Å². The van der Waals surface area contributed by atoms with Gasteiger partial charge in [-0.05, 0) is 23.5 Å². The predicted octanol–water partition coefficient (Wildman–Crippen LogP) is 1.94. The lowest BCUT2D eigenvalue weighted by Gasteiger charge is -2.17. The Kier molecular flexibility index (Phi) is 4.65. The molecule has 0 aliphatic heterocycles.